The summed E-state index contributed by atoms with van der Waals surface area (Å²) in [5, 5.41) is 30.0. The summed E-state index contributed by atoms with van der Waals surface area (Å²) in [6, 6.07) is 0. The molecule has 0 aromatic heterocycles. The molecule has 0 atom stereocenters. The van der Waals surface area contributed by atoms with Crippen molar-refractivity contribution in [2.75, 3.05) is 26.4 Å². The summed E-state index contributed by atoms with van der Waals surface area (Å²) < 4.78 is 4.63. The van der Waals surface area contributed by atoms with Crippen molar-refractivity contribution in [1.29, 1.82) is 0 Å². The fraction of sp³-hybridized carbons (Fsp3) is 0.667. The van der Waals surface area contributed by atoms with Gasteiger partial charge in [-0.05, 0) is 0 Å². The van der Waals surface area contributed by atoms with E-state index in [0.717, 1.165) is 0 Å². The summed E-state index contributed by atoms with van der Waals surface area (Å²) in [5.41, 5.74) is 0. The van der Waals surface area contributed by atoms with E-state index < -0.39 is 0 Å². The third-order valence-electron chi connectivity index (χ3n) is 0.471. The van der Waals surface area contributed by atoms with Crippen LogP contribution in [0.15, 0.2) is 0 Å². The zero-order valence-electron chi connectivity index (χ0n) is 7.00. The Morgan fingerprint density at radius 1 is 0.923 bits per heavy atom. The van der Waals surface area contributed by atoms with Crippen LogP contribution in [0.25, 0.3) is 0 Å². The quantitative estimate of drug-likeness (QED) is 0.316. The Labute approximate surface area is 75.2 Å². The molecule has 80 valence electrons. The molecule has 0 aliphatic heterocycles. The standard InChI is InChI=1S/C4H10O3.2CH2O2/c5-1-3-7-4-2-6;2*2-1-3/h5-6H,1-4H2;2*1H,(H,2,3). The predicted molar refractivity (Wildman–Crippen MR) is 42.4 cm³/mol. The minimum atomic E-state index is -0.250. The first kappa shape index (κ1) is 17.8. The van der Waals surface area contributed by atoms with Crippen LogP contribution in [0.2, 0.25) is 0 Å². The number of carbonyl (C=O) groups is 2. The lowest BCUT2D eigenvalue weighted by atomic mass is 10.7. The molecule has 0 aliphatic carbocycles. The molecule has 0 fully saturated rings. The summed E-state index contributed by atoms with van der Waals surface area (Å²) in [4.78, 5) is 16.7. The second kappa shape index (κ2) is 30.8. The Kier molecular flexibility index (Phi) is 42.1. The monoisotopic (exact) mass is 198 g/mol. The molecule has 0 radical (unpaired) electrons. The molecule has 0 amide bonds. The van der Waals surface area contributed by atoms with E-state index in [9.17, 15) is 0 Å². The summed E-state index contributed by atoms with van der Waals surface area (Å²) in [6.45, 7) is 0.196. The van der Waals surface area contributed by atoms with Gasteiger partial charge in [-0.15, -0.1) is 0 Å². The van der Waals surface area contributed by atoms with Crippen LogP contribution in [0, 0.1) is 0 Å². The molecular weight excluding hydrogens is 184 g/mol. The largest absolute Gasteiger partial charge is 0.483 e. The minimum absolute atomic E-state index is 0.0278. The number of aliphatic hydroxyl groups is 2. The highest BCUT2D eigenvalue weighted by molar-refractivity contribution is 5.32. The van der Waals surface area contributed by atoms with Crippen LogP contribution < -0.4 is 0 Å². The zero-order chi connectivity index (χ0) is 10.9. The van der Waals surface area contributed by atoms with Gasteiger partial charge in [0.1, 0.15) is 0 Å². The molecule has 7 heteroatoms. The van der Waals surface area contributed by atoms with Crippen LogP contribution in [-0.4, -0.2) is 59.8 Å². The lowest BCUT2D eigenvalue weighted by Gasteiger charge is -1.94. The topological polar surface area (TPSA) is 124 Å². The van der Waals surface area contributed by atoms with Gasteiger partial charge >= 0.3 is 0 Å². The van der Waals surface area contributed by atoms with Gasteiger partial charge < -0.3 is 25.2 Å². The van der Waals surface area contributed by atoms with E-state index in [1.165, 1.54) is 0 Å². The van der Waals surface area contributed by atoms with Crippen molar-refractivity contribution in [3.05, 3.63) is 0 Å². The Morgan fingerprint density at radius 3 is 1.31 bits per heavy atom. The van der Waals surface area contributed by atoms with Gasteiger partial charge in [-0.3, -0.25) is 9.59 Å². The maximum Gasteiger partial charge on any atom is 0.290 e. The van der Waals surface area contributed by atoms with Gasteiger partial charge in [0, 0.05) is 0 Å². The Hall–Kier alpha value is -1.18. The molecule has 0 heterocycles. The van der Waals surface area contributed by atoms with Gasteiger partial charge in [0.25, 0.3) is 12.9 Å². The van der Waals surface area contributed by atoms with E-state index in [1.807, 2.05) is 0 Å². The third kappa shape index (κ3) is 106. The van der Waals surface area contributed by atoms with Gasteiger partial charge in [-0.1, -0.05) is 0 Å². The third-order valence-corrected chi connectivity index (χ3v) is 0.471. The smallest absolute Gasteiger partial charge is 0.290 e. The maximum absolute atomic E-state index is 8.36. The minimum Gasteiger partial charge on any atom is -0.483 e. The van der Waals surface area contributed by atoms with Gasteiger partial charge in [0.05, 0.1) is 26.4 Å². The van der Waals surface area contributed by atoms with Crippen molar-refractivity contribution in [3.8, 4) is 0 Å². The predicted octanol–water partition coefficient (Wildman–Crippen LogP) is -1.61. The number of ether oxygens (including phenoxy) is 1. The molecule has 13 heavy (non-hydrogen) atoms. The lowest BCUT2D eigenvalue weighted by molar-refractivity contribution is -0.123. The van der Waals surface area contributed by atoms with Gasteiger partial charge in [-0.25, -0.2) is 0 Å². The fourth-order valence-corrected chi connectivity index (χ4v) is 0.231. The molecule has 0 bridgehead atoms. The van der Waals surface area contributed by atoms with E-state index in [-0.39, 0.29) is 26.2 Å². The number of hydrogen-bond donors (Lipinski definition) is 4. The normalized spacial score (nSPS) is 6.92. The van der Waals surface area contributed by atoms with Crippen LogP contribution in [0.3, 0.4) is 0 Å². The number of hydrogen-bond acceptors (Lipinski definition) is 5. The van der Waals surface area contributed by atoms with Crippen molar-refractivity contribution in [1.82, 2.24) is 0 Å². The lowest BCUT2D eigenvalue weighted by Crippen LogP contribution is -2.03. The number of aliphatic hydroxyl groups excluding tert-OH is 2. The van der Waals surface area contributed by atoms with Crippen molar-refractivity contribution in [3.63, 3.8) is 0 Å². The second-order valence-corrected chi connectivity index (χ2v) is 1.27. The van der Waals surface area contributed by atoms with E-state index in [2.05, 4.69) is 4.74 Å². The average molecular weight is 198 g/mol. The highest BCUT2D eigenvalue weighted by Crippen LogP contribution is 1.68. The Morgan fingerprint density at radius 2 is 1.15 bits per heavy atom. The molecule has 0 aromatic rings. The SMILES string of the molecule is O=CO.O=CO.OCCOCCO. The molecule has 0 spiro atoms. The van der Waals surface area contributed by atoms with Crippen LogP contribution in [0.5, 0.6) is 0 Å². The Bertz CT molecular complexity index is 75.1. The van der Waals surface area contributed by atoms with Crippen molar-refractivity contribution < 1.29 is 34.8 Å². The Balaban J connectivity index is -0.000000140. The molecule has 0 saturated carbocycles. The summed E-state index contributed by atoms with van der Waals surface area (Å²) in [6.07, 6.45) is 0. The first-order valence-corrected chi connectivity index (χ1v) is 3.20. The molecule has 7 nitrogen and oxygen atoms in total. The molecule has 0 unspecified atom stereocenters. The average Bonchev–Trinajstić information content (AvgIpc) is 2.08. The molecule has 0 aromatic carbocycles. The molecule has 4 N–H and O–H groups in total. The van der Waals surface area contributed by atoms with Crippen molar-refractivity contribution in [2.45, 2.75) is 0 Å². The van der Waals surface area contributed by atoms with E-state index in [0.29, 0.717) is 13.2 Å². The van der Waals surface area contributed by atoms with E-state index >= 15 is 0 Å². The zero-order valence-corrected chi connectivity index (χ0v) is 7.00. The number of rotatable bonds is 4. The first-order chi connectivity index (χ1) is 6.24. The second-order valence-electron chi connectivity index (χ2n) is 1.27. The summed E-state index contributed by atoms with van der Waals surface area (Å²) in [5.74, 6) is 0. The fourth-order valence-electron chi connectivity index (χ4n) is 0.231. The van der Waals surface area contributed by atoms with Crippen LogP contribution in [-0.2, 0) is 14.3 Å². The first-order valence-electron chi connectivity index (χ1n) is 3.20. The maximum atomic E-state index is 8.36. The van der Waals surface area contributed by atoms with Gasteiger partial charge in [-0.2, -0.15) is 0 Å². The highest BCUT2D eigenvalue weighted by Gasteiger charge is 1.79. The van der Waals surface area contributed by atoms with Gasteiger partial charge in [0.15, 0.2) is 0 Å². The van der Waals surface area contributed by atoms with Crippen molar-refractivity contribution >= 4 is 12.9 Å². The van der Waals surface area contributed by atoms with E-state index in [1.54, 1.807) is 0 Å². The van der Waals surface area contributed by atoms with E-state index in [4.69, 9.17) is 30.0 Å². The van der Waals surface area contributed by atoms with Crippen molar-refractivity contribution in [2.24, 2.45) is 0 Å². The molecule has 0 rings (SSSR count). The molecule has 0 aliphatic rings. The highest BCUT2D eigenvalue weighted by atomic mass is 16.5. The summed E-state index contributed by atoms with van der Waals surface area (Å²) >= 11 is 0. The van der Waals surface area contributed by atoms with Crippen LogP contribution >= 0.6 is 0 Å². The van der Waals surface area contributed by atoms with Crippen LogP contribution in [0.1, 0.15) is 0 Å². The number of carboxylic acid groups (broad SMARTS) is 2. The summed E-state index contributed by atoms with van der Waals surface area (Å²) in [7, 11) is 0. The molecule has 0 saturated heterocycles. The van der Waals surface area contributed by atoms with Crippen LogP contribution in [0.4, 0.5) is 0 Å². The molecular formula is C6H14O7. The van der Waals surface area contributed by atoms with Gasteiger partial charge in [0.2, 0.25) is 0 Å².